The molecule has 12 heteroatoms. The van der Waals surface area contributed by atoms with Crippen molar-refractivity contribution in [2.75, 3.05) is 14.1 Å². The van der Waals surface area contributed by atoms with Gasteiger partial charge in [0.25, 0.3) is 5.91 Å². The third-order valence-corrected chi connectivity index (χ3v) is 4.79. The molecule has 0 aliphatic rings. The smallest absolute Gasteiger partial charge is 0.311 e. The van der Waals surface area contributed by atoms with E-state index in [1.165, 1.54) is 35.2 Å². The summed E-state index contributed by atoms with van der Waals surface area (Å²) in [4.78, 5) is 24.2. The number of aliphatic hydroxyl groups excluding tert-OH is 1. The van der Waals surface area contributed by atoms with Crippen LogP contribution in [0.25, 0.3) is 0 Å². The molecule has 8 nitrogen and oxygen atoms in total. The molecule has 0 aromatic heterocycles. The molecule has 1 N–H and O–H groups in total. The zero-order valence-corrected chi connectivity index (χ0v) is 18.4. The number of hydrogen-bond donors (Lipinski definition) is 1. The van der Waals surface area contributed by atoms with Gasteiger partial charge in [-0.15, -0.1) is 0 Å². The SMILES string of the molecule is CN(C)C(=O)c1cccc(Oc2cc(COc3c(F)c(F)c(CO)c(F)c3F)ccc2[N+](=O)[O-])c1. The fourth-order valence-electron chi connectivity index (χ4n) is 3.04. The highest BCUT2D eigenvalue weighted by molar-refractivity contribution is 5.94. The van der Waals surface area contributed by atoms with Crippen molar-refractivity contribution in [3.63, 3.8) is 0 Å². The minimum absolute atomic E-state index is 0.0969. The third kappa shape index (κ3) is 5.32. The van der Waals surface area contributed by atoms with E-state index in [9.17, 15) is 32.5 Å². The van der Waals surface area contributed by atoms with Crippen molar-refractivity contribution in [1.29, 1.82) is 0 Å². The zero-order valence-electron chi connectivity index (χ0n) is 18.4. The lowest BCUT2D eigenvalue weighted by Crippen LogP contribution is -2.21. The molecule has 3 rings (SSSR count). The van der Waals surface area contributed by atoms with Crippen molar-refractivity contribution in [1.82, 2.24) is 4.90 Å². The lowest BCUT2D eigenvalue weighted by Gasteiger charge is -2.14. The van der Waals surface area contributed by atoms with Crippen LogP contribution in [0.15, 0.2) is 42.5 Å². The summed E-state index contributed by atoms with van der Waals surface area (Å²) in [5, 5.41) is 20.3. The Morgan fingerprint density at radius 2 is 1.69 bits per heavy atom. The summed E-state index contributed by atoms with van der Waals surface area (Å²) in [5.41, 5.74) is -1.28. The number of rotatable bonds is 8. The molecule has 0 saturated heterocycles. The van der Waals surface area contributed by atoms with Crippen molar-refractivity contribution >= 4 is 11.6 Å². The number of aliphatic hydroxyl groups is 1. The van der Waals surface area contributed by atoms with E-state index in [-0.39, 0.29) is 28.5 Å². The van der Waals surface area contributed by atoms with Crippen LogP contribution in [0.4, 0.5) is 23.2 Å². The summed E-state index contributed by atoms with van der Waals surface area (Å²) in [6.45, 7) is -1.91. The molecular formula is C23H18F4N2O6. The molecule has 0 fully saturated rings. The first-order valence-electron chi connectivity index (χ1n) is 9.90. The van der Waals surface area contributed by atoms with E-state index in [2.05, 4.69) is 0 Å². The maximum Gasteiger partial charge on any atom is 0.311 e. The topological polar surface area (TPSA) is 102 Å². The van der Waals surface area contributed by atoms with Crippen LogP contribution in [-0.4, -0.2) is 34.9 Å². The Morgan fingerprint density at radius 3 is 2.26 bits per heavy atom. The van der Waals surface area contributed by atoms with E-state index >= 15 is 0 Å². The first-order chi connectivity index (χ1) is 16.5. The van der Waals surface area contributed by atoms with E-state index in [4.69, 9.17) is 14.6 Å². The Morgan fingerprint density at radius 1 is 1.03 bits per heavy atom. The van der Waals surface area contributed by atoms with Gasteiger partial charge in [0, 0.05) is 25.7 Å². The number of nitrogens with zero attached hydrogens (tertiary/aromatic N) is 2. The molecular weight excluding hydrogens is 476 g/mol. The van der Waals surface area contributed by atoms with Gasteiger partial charge in [0.1, 0.15) is 12.4 Å². The number of benzene rings is 3. The molecule has 184 valence electrons. The third-order valence-electron chi connectivity index (χ3n) is 4.79. The summed E-state index contributed by atoms with van der Waals surface area (Å²) < 4.78 is 66.5. The highest BCUT2D eigenvalue weighted by Gasteiger charge is 2.26. The molecule has 0 spiro atoms. The van der Waals surface area contributed by atoms with Crippen molar-refractivity contribution in [3.05, 3.63) is 92.5 Å². The molecule has 0 saturated carbocycles. The molecule has 0 bridgehead atoms. The molecule has 1 amide bonds. The molecule has 0 aliphatic carbocycles. The van der Waals surface area contributed by atoms with Gasteiger partial charge in [0.15, 0.2) is 17.4 Å². The van der Waals surface area contributed by atoms with Crippen molar-refractivity contribution in [2.45, 2.75) is 13.2 Å². The summed E-state index contributed by atoms with van der Waals surface area (Å²) in [5.74, 6) is -9.15. The van der Waals surface area contributed by atoms with Crippen LogP contribution in [-0.2, 0) is 13.2 Å². The molecule has 3 aromatic rings. The van der Waals surface area contributed by atoms with Crippen LogP contribution < -0.4 is 9.47 Å². The number of ether oxygens (including phenoxy) is 2. The largest absolute Gasteiger partial charge is 0.483 e. The second-order valence-corrected chi connectivity index (χ2v) is 7.40. The van der Waals surface area contributed by atoms with Gasteiger partial charge in [-0.25, -0.2) is 8.78 Å². The Hall–Kier alpha value is -4.19. The van der Waals surface area contributed by atoms with Crippen LogP contribution in [0.1, 0.15) is 21.5 Å². The standard InChI is InChI=1S/C23H18F4N2O6/c1-28(2)23(31)13-4-3-5-14(9-13)35-17-8-12(6-7-16(17)29(32)33)11-34-22-20(26)18(24)15(10-30)19(25)21(22)27/h3-9,30H,10-11H2,1-2H3. The predicted octanol–water partition coefficient (Wildman–Crippen LogP) is 4.72. The number of carbonyl (C=O) groups is 1. The highest BCUT2D eigenvalue weighted by atomic mass is 19.2. The second-order valence-electron chi connectivity index (χ2n) is 7.40. The lowest BCUT2D eigenvalue weighted by molar-refractivity contribution is -0.385. The molecule has 3 aromatic carbocycles. The van der Waals surface area contributed by atoms with Crippen molar-refractivity contribution in [3.8, 4) is 17.2 Å². The molecule has 35 heavy (non-hydrogen) atoms. The zero-order chi connectivity index (χ0) is 25.9. The quantitative estimate of drug-likeness (QED) is 0.211. The number of carbonyl (C=O) groups excluding carboxylic acids is 1. The number of nitro groups is 1. The molecule has 0 atom stereocenters. The number of nitro benzene ring substituents is 1. The summed E-state index contributed by atoms with van der Waals surface area (Å²) >= 11 is 0. The predicted molar refractivity (Wildman–Crippen MR) is 114 cm³/mol. The second kappa shape index (κ2) is 10.4. The van der Waals surface area contributed by atoms with Crippen LogP contribution >= 0.6 is 0 Å². The van der Waals surface area contributed by atoms with Gasteiger partial charge in [-0.3, -0.25) is 14.9 Å². The van der Waals surface area contributed by atoms with E-state index in [0.29, 0.717) is 0 Å². The van der Waals surface area contributed by atoms with E-state index < -0.39 is 58.4 Å². The summed E-state index contributed by atoms with van der Waals surface area (Å²) in [6, 6.07) is 9.25. The Labute approximate surface area is 196 Å². The van der Waals surface area contributed by atoms with Crippen molar-refractivity contribution < 1.29 is 41.9 Å². The first kappa shape index (κ1) is 25.4. The van der Waals surface area contributed by atoms with Gasteiger partial charge in [-0.05, 0) is 35.9 Å². The van der Waals surface area contributed by atoms with Crippen molar-refractivity contribution in [2.24, 2.45) is 0 Å². The molecule has 0 heterocycles. The van der Waals surface area contributed by atoms with E-state index in [1.807, 2.05) is 0 Å². The van der Waals surface area contributed by atoms with Gasteiger partial charge in [-0.1, -0.05) is 6.07 Å². The maximum absolute atomic E-state index is 14.1. The maximum atomic E-state index is 14.1. The van der Waals surface area contributed by atoms with Gasteiger partial charge >= 0.3 is 5.69 Å². The normalized spacial score (nSPS) is 10.7. The molecule has 0 aliphatic heterocycles. The molecule has 0 radical (unpaired) electrons. The van der Waals surface area contributed by atoms with Crippen LogP contribution in [0, 0.1) is 33.4 Å². The number of hydrogen-bond acceptors (Lipinski definition) is 6. The van der Waals surface area contributed by atoms with Crippen LogP contribution in [0.5, 0.6) is 17.2 Å². The summed E-state index contributed by atoms with van der Waals surface area (Å²) in [7, 11) is 3.09. The minimum Gasteiger partial charge on any atom is -0.483 e. The number of amides is 1. The van der Waals surface area contributed by atoms with E-state index in [0.717, 1.165) is 12.1 Å². The average molecular weight is 494 g/mol. The lowest BCUT2D eigenvalue weighted by atomic mass is 10.1. The minimum atomic E-state index is -1.84. The Balaban J connectivity index is 1.91. The monoisotopic (exact) mass is 494 g/mol. The average Bonchev–Trinajstić information content (AvgIpc) is 2.82. The fraction of sp³-hybridized carbons (Fsp3) is 0.174. The summed E-state index contributed by atoms with van der Waals surface area (Å²) in [6.07, 6.45) is 0. The van der Waals surface area contributed by atoms with Crippen LogP contribution in [0.2, 0.25) is 0 Å². The first-order valence-corrected chi connectivity index (χ1v) is 9.90. The van der Waals surface area contributed by atoms with Gasteiger partial charge < -0.3 is 19.5 Å². The highest BCUT2D eigenvalue weighted by Crippen LogP contribution is 2.34. The number of halogens is 4. The van der Waals surface area contributed by atoms with Gasteiger partial charge in [0.05, 0.1) is 17.1 Å². The Kier molecular flexibility index (Phi) is 7.55. The van der Waals surface area contributed by atoms with Gasteiger partial charge in [0.2, 0.25) is 17.4 Å². The molecule has 0 unspecified atom stereocenters. The van der Waals surface area contributed by atoms with Crippen LogP contribution in [0.3, 0.4) is 0 Å². The van der Waals surface area contributed by atoms with Gasteiger partial charge in [-0.2, -0.15) is 8.78 Å². The van der Waals surface area contributed by atoms with E-state index in [1.54, 1.807) is 14.1 Å². The fourth-order valence-corrected chi connectivity index (χ4v) is 3.04. The Bertz CT molecular complexity index is 1270.